The smallest absolute Gasteiger partial charge is 0.0752 e. The van der Waals surface area contributed by atoms with Crippen molar-refractivity contribution in [2.45, 2.75) is 70.4 Å². The fourth-order valence-corrected chi connectivity index (χ4v) is 4.08. The first-order valence-corrected chi connectivity index (χ1v) is 8.69. The van der Waals surface area contributed by atoms with E-state index in [0.717, 1.165) is 31.6 Å². The van der Waals surface area contributed by atoms with Crippen LogP contribution in [0.2, 0.25) is 0 Å². The molecule has 118 valence electrons. The summed E-state index contributed by atoms with van der Waals surface area (Å²) >= 11 is 0. The second-order valence-corrected chi connectivity index (χ2v) is 6.55. The van der Waals surface area contributed by atoms with Crippen molar-refractivity contribution in [3.05, 3.63) is 0 Å². The zero-order valence-corrected chi connectivity index (χ0v) is 13.4. The average molecular weight is 283 g/mol. The van der Waals surface area contributed by atoms with E-state index in [1.165, 1.54) is 51.4 Å². The lowest BCUT2D eigenvalue weighted by Crippen LogP contribution is -2.47. The highest BCUT2D eigenvalue weighted by Crippen LogP contribution is 2.32. The minimum Gasteiger partial charge on any atom is -0.381 e. The van der Waals surface area contributed by atoms with Gasteiger partial charge in [0.05, 0.1) is 6.10 Å². The largest absolute Gasteiger partial charge is 0.381 e. The Labute approximate surface area is 124 Å². The molecule has 2 fully saturated rings. The van der Waals surface area contributed by atoms with E-state index in [4.69, 9.17) is 9.47 Å². The summed E-state index contributed by atoms with van der Waals surface area (Å²) in [6, 6.07) is 0.524. The van der Waals surface area contributed by atoms with Crippen LogP contribution in [-0.4, -0.2) is 39.0 Å². The van der Waals surface area contributed by atoms with Crippen molar-refractivity contribution < 1.29 is 9.47 Å². The predicted molar refractivity (Wildman–Crippen MR) is 83.0 cm³/mol. The lowest BCUT2D eigenvalue weighted by atomic mass is 9.79. The minimum absolute atomic E-state index is 0.401. The molecule has 1 saturated heterocycles. The molecule has 20 heavy (non-hydrogen) atoms. The van der Waals surface area contributed by atoms with Crippen LogP contribution >= 0.6 is 0 Å². The number of ether oxygens (including phenoxy) is 2. The summed E-state index contributed by atoms with van der Waals surface area (Å²) in [5.74, 6) is 1.58. The molecule has 0 spiro atoms. The maximum atomic E-state index is 5.95. The number of hydrogen-bond donors (Lipinski definition) is 1. The molecule has 2 aliphatic rings. The lowest BCUT2D eigenvalue weighted by molar-refractivity contribution is -0.00630. The van der Waals surface area contributed by atoms with Gasteiger partial charge in [0.15, 0.2) is 0 Å². The minimum atomic E-state index is 0.401. The second kappa shape index (κ2) is 9.01. The van der Waals surface area contributed by atoms with E-state index in [0.29, 0.717) is 12.1 Å². The van der Waals surface area contributed by atoms with Crippen molar-refractivity contribution in [3.8, 4) is 0 Å². The first-order chi connectivity index (χ1) is 9.85. The molecule has 0 bridgehead atoms. The maximum absolute atomic E-state index is 5.95. The Morgan fingerprint density at radius 2 is 1.80 bits per heavy atom. The molecule has 2 unspecified atom stereocenters. The van der Waals surface area contributed by atoms with E-state index >= 15 is 0 Å². The highest BCUT2D eigenvalue weighted by atomic mass is 16.5. The van der Waals surface area contributed by atoms with Gasteiger partial charge in [0.1, 0.15) is 0 Å². The van der Waals surface area contributed by atoms with Crippen molar-refractivity contribution in [3.63, 3.8) is 0 Å². The van der Waals surface area contributed by atoms with E-state index in [2.05, 4.69) is 12.2 Å². The van der Waals surface area contributed by atoms with Gasteiger partial charge in [-0.1, -0.05) is 26.2 Å². The first kappa shape index (κ1) is 16.3. The SMILES string of the molecule is CCNC(CC1CCOCC1)C(OC)C1CCCCC1. The topological polar surface area (TPSA) is 30.5 Å². The quantitative estimate of drug-likeness (QED) is 0.777. The molecular formula is C17H33NO2. The number of rotatable bonds is 7. The Morgan fingerprint density at radius 3 is 2.40 bits per heavy atom. The highest BCUT2D eigenvalue weighted by molar-refractivity contribution is 4.86. The number of likely N-dealkylation sites (N-methyl/N-ethyl adjacent to an activating group) is 1. The molecule has 1 N–H and O–H groups in total. The Kier molecular flexibility index (Phi) is 7.32. The Hall–Kier alpha value is -0.120. The fraction of sp³-hybridized carbons (Fsp3) is 1.00. The summed E-state index contributed by atoms with van der Waals surface area (Å²) in [4.78, 5) is 0. The Morgan fingerprint density at radius 1 is 1.10 bits per heavy atom. The molecule has 3 nitrogen and oxygen atoms in total. The zero-order valence-electron chi connectivity index (χ0n) is 13.4. The average Bonchev–Trinajstić information content (AvgIpc) is 2.50. The van der Waals surface area contributed by atoms with Crippen LogP contribution in [0.1, 0.15) is 58.3 Å². The van der Waals surface area contributed by atoms with E-state index in [1.54, 1.807) is 0 Å². The monoisotopic (exact) mass is 283 g/mol. The predicted octanol–water partition coefficient (Wildman–Crippen LogP) is 3.38. The van der Waals surface area contributed by atoms with Crippen molar-refractivity contribution in [2.75, 3.05) is 26.9 Å². The standard InChI is InChI=1S/C17H33NO2/c1-3-18-16(13-14-9-11-20-12-10-14)17(19-2)15-7-5-4-6-8-15/h14-18H,3-13H2,1-2H3. The summed E-state index contributed by atoms with van der Waals surface area (Å²) < 4.78 is 11.4. The van der Waals surface area contributed by atoms with Crippen molar-refractivity contribution >= 4 is 0 Å². The third-order valence-corrected chi connectivity index (χ3v) is 5.18. The molecular weight excluding hydrogens is 250 g/mol. The van der Waals surface area contributed by atoms with E-state index in [-0.39, 0.29) is 0 Å². The molecule has 1 heterocycles. The molecule has 0 aromatic heterocycles. The Bertz CT molecular complexity index is 247. The molecule has 3 heteroatoms. The maximum Gasteiger partial charge on any atom is 0.0752 e. The van der Waals surface area contributed by atoms with Gasteiger partial charge in [-0.3, -0.25) is 0 Å². The fourth-order valence-electron chi connectivity index (χ4n) is 4.08. The molecule has 1 saturated carbocycles. The number of hydrogen-bond acceptors (Lipinski definition) is 3. The van der Waals surface area contributed by atoms with Crippen LogP contribution in [0.15, 0.2) is 0 Å². The van der Waals surface area contributed by atoms with Crippen LogP contribution in [0.25, 0.3) is 0 Å². The lowest BCUT2D eigenvalue weighted by Gasteiger charge is -2.37. The summed E-state index contributed by atoms with van der Waals surface area (Å²) in [6.07, 6.45) is 11.0. The van der Waals surface area contributed by atoms with Gasteiger partial charge in [-0.15, -0.1) is 0 Å². The molecule has 2 rings (SSSR count). The molecule has 0 amide bonds. The third kappa shape index (κ3) is 4.71. The molecule has 0 radical (unpaired) electrons. The Balaban J connectivity index is 1.92. The van der Waals surface area contributed by atoms with E-state index in [1.807, 2.05) is 7.11 Å². The molecule has 2 atom stereocenters. The van der Waals surface area contributed by atoms with Crippen LogP contribution < -0.4 is 5.32 Å². The number of methoxy groups -OCH3 is 1. The van der Waals surface area contributed by atoms with Gasteiger partial charge < -0.3 is 14.8 Å². The van der Waals surface area contributed by atoms with Gasteiger partial charge in [-0.2, -0.15) is 0 Å². The van der Waals surface area contributed by atoms with Crippen LogP contribution in [0, 0.1) is 11.8 Å². The molecule has 0 aromatic rings. The molecule has 0 aromatic carbocycles. The van der Waals surface area contributed by atoms with Crippen molar-refractivity contribution in [2.24, 2.45) is 11.8 Å². The van der Waals surface area contributed by atoms with Crippen molar-refractivity contribution in [1.82, 2.24) is 5.32 Å². The van der Waals surface area contributed by atoms with Crippen LogP contribution in [-0.2, 0) is 9.47 Å². The normalized spacial score (nSPS) is 25.5. The van der Waals surface area contributed by atoms with Gasteiger partial charge in [0.2, 0.25) is 0 Å². The van der Waals surface area contributed by atoms with Crippen LogP contribution in [0.3, 0.4) is 0 Å². The summed E-state index contributed by atoms with van der Waals surface area (Å²) in [5.41, 5.74) is 0. The van der Waals surface area contributed by atoms with Gasteiger partial charge in [-0.25, -0.2) is 0 Å². The molecule has 1 aliphatic carbocycles. The van der Waals surface area contributed by atoms with Gasteiger partial charge in [0, 0.05) is 26.4 Å². The van der Waals surface area contributed by atoms with Gasteiger partial charge >= 0.3 is 0 Å². The van der Waals surface area contributed by atoms with Crippen molar-refractivity contribution in [1.29, 1.82) is 0 Å². The van der Waals surface area contributed by atoms with E-state index in [9.17, 15) is 0 Å². The summed E-state index contributed by atoms with van der Waals surface area (Å²) in [7, 11) is 1.91. The molecule has 1 aliphatic heterocycles. The summed E-state index contributed by atoms with van der Waals surface area (Å²) in [6.45, 7) is 5.15. The number of nitrogens with one attached hydrogen (secondary N) is 1. The third-order valence-electron chi connectivity index (χ3n) is 5.18. The zero-order chi connectivity index (χ0) is 14.2. The van der Waals surface area contributed by atoms with Gasteiger partial charge in [-0.05, 0) is 50.5 Å². The van der Waals surface area contributed by atoms with Crippen LogP contribution in [0.4, 0.5) is 0 Å². The second-order valence-electron chi connectivity index (χ2n) is 6.55. The van der Waals surface area contributed by atoms with Crippen LogP contribution in [0.5, 0.6) is 0 Å². The highest BCUT2D eigenvalue weighted by Gasteiger charge is 2.32. The van der Waals surface area contributed by atoms with E-state index < -0.39 is 0 Å². The summed E-state index contributed by atoms with van der Waals surface area (Å²) in [5, 5.41) is 3.71. The first-order valence-electron chi connectivity index (χ1n) is 8.69. The van der Waals surface area contributed by atoms with Gasteiger partial charge in [0.25, 0.3) is 0 Å².